The molecule has 5 rings (SSSR count). The van der Waals surface area contributed by atoms with Gasteiger partial charge in [0.05, 0.1) is 5.69 Å². The second-order valence-corrected chi connectivity index (χ2v) is 7.71. The number of hydrogen-bond donors (Lipinski definition) is 0. The quantitative estimate of drug-likeness (QED) is 0.665. The molecule has 2 aliphatic heterocycles. The first-order chi connectivity index (χ1) is 14.1. The van der Waals surface area contributed by atoms with Crippen LogP contribution in [0.2, 0.25) is 0 Å². The zero-order valence-electron chi connectivity index (χ0n) is 16.5. The van der Waals surface area contributed by atoms with Gasteiger partial charge in [-0.05, 0) is 51.0 Å². The van der Waals surface area contributed by atoms with Crippen LogP contribution in [-0.4, -0.2) is 55.9 Å². The molecule has 0 saturated carbocycles. The molecule has 0 spiro atoms. The normalized spacial score (nSPS) is 22.1. The third-order valence-corrected chi connectivity index (χ3v) is 5.68. The highest BCUT2D eigenvalue weighted by atomic mass is 16.6. The van der Waals surface area contributed by atoms with Crippen LogP contribution in [0.1, 0.15) is 37.2 Å². The molecule has 8 nitrogen and oxygen atoms in total. The van der Waals surface area contributed by atoms with Crippen molar-refractivity contribution < 1.29 is 14.3 Å². The lowest BCUT2D eigenvalue weighted by molar-refractivity contribution is -0.145. The molecule has 0 bridgehead atoms. The van der Waals surface area contributed by atoms with Gasteiger partial charge in [0, 0.05) is 19.0 Å². The fraction of sp³-hybridized carbons (Fsp3) is 0.429. The Morgan fingerprint density at radius 1 is 1.03 bits per heavy atom. The Kier molecular flexibility index (Phi) is 4.34. The van der Waals surface area contributed by atoms with E-state index < -0.39 is 6.10 Å². The summed E-state index contributed by atoms with van der Waals surface area (Å²) < 4.78 is 13.7. The van der Waals surface area contributed by atoms with Crippen molar-refractivity contribution in [3.05, 3.63) is 47.9 Å². The third kappa shape index (κ3) is 3.18. The van der Waals surface area contributed by atoms with E-state index in [4.69, 9.17) is 9.47 Å². The number of carbonyl (C=O) groups is 1. The topological polar surface area (TPSA) is 81.9 Å². The molecule has 4 heterocycles. The number of para-hydroxylation sites is 2. The number of rotatable bonds is 2. The zero-order chi connectivity index (χ0) is 20.0. The van der Waals surface area contributed by atoms with E-state index in [-0.39, 0.29) is 17.9 Å². The molecule has 8 heteroatoms. The summed E-state index contributed by atoms with van der Waals surface area (Å²) in [6.45, 7) is 5.13. The van der Waals surface area contributed by atoms with Crippen molar-refractivity contribution in [1.82, 2.24) is 24.7 Å². The highest BCUT2D eigenvalue weighted by Crippen LogP contribution is 2.35. The van der Waals surface area contributed by atoms with Gasteiger partial charge in [0.15, 0.2) is 23.0 Å². The van der Waals surface area contributed by atoms with Crippen molar-refractivity contribution in [2.24, 2.45) is 0 Å². The van der Waals surface area contributed by atoms with E-state index in [1.165, 1.54) is 0 Å². The zero-order valence-corrected chi connectivity index (χ0v) is 16.5. The minimum Gasteiger partial charge on any atom is -0.482 e. The van der Waals surface area contributed by atoms with Gasteiger partial charge in [-0.15, -0.1) is 10.2 Å². The van der Waals surface area contributed by atoms with E-state index >= 15 is 0 Å². The Labute approximate surface area is 168 Å². The monoisotopic (exact) mass is 393 g/mol. The van der Waals surface area contributed by atoms with E-state index in [1.807, 2.05) is 59.7 Å². The molecule has 1 saturated heterocycles. The van der Waals surface area contributed by atoms with Gasteiger partial charge in [0.1, 0.15) is 6.10 Å². The Hall–Kier alpha value is -3.16. The molecule has 150 valence electrons. The fourth-order valence-corrected chi connectivity index (χ4v) is 4.08. The minimum absolute atomic E-state index is 0.0227. The molecule has 29 heavy (non-hydrogen) atoms. The summed E-state index contributed by atoms with van der Waals surface area (Å²) >= 11 is 0. The van der Waals surface area contributed by atoms with Gasteiger partial charge in [0.2, 0.25) is 6.10 Å². The molecule has 2 atom stereocenters. The van der Waals surface area contributed by atoms with Crippen molar-refractivity contribution in [1.29, 1.82) is 0 Å². The highest BCUT2D eigenvalue weighted by molar-refractivity contribution is 5.82. The smallest absolute Gasteiger partial charge is 0.267 e. The number of likely N-dealkylation sites (tertiary alicyclic amines) is 1. The average Bonchev–Trinajstić information content (AvgIpc) is 3.16. The van der Waals surface area contributed by atoms with Crippen molar-refractivity contribution in [2.45, 2.75) is 44.8 Å². The van der Waals surface area contributed by atoms with E-state index in [0.29, 0.717) is 24.6 Å². The Morgan fingerprint density at radius 2 is 1.76 bits per heavy atom. The molecule has 2 aliphatic rings. The molecular formula is C21H23N5O3. The van der Waals surface area contributed by atoms with E-state index in [1.54, 1.807) is 0 Å². The third-order valence-electron chi connectivity index (χ3n) is 5.68. The summed E-state index contributed by atoms with van der Waals surface area (Å²) in [6.07, 6.45) is 0.684. The maximum Gasteiger partial charge on any atom is 0.267 e. The summed E-state index contributed by atoms with van der Waals surface area (Å²) in [5, 5.41) is 13.1. The largest absolute Gasteiger partial charge is 0.482 e. The summed E-state index contributed by atoms with van der Waals surface area (Å²) in [6, 6.07) is 11.3. The first-order valence-corrected chi connectivity index (χ1v) is 10.0. The molecule has 0 radical (unpaired) electrons. The molecule has 2 aromatic heterocycles. The van der Waals surface area contributed by atoms with Gasteiger partial charge in [-0.3, -0.25) is 4.79 Å². The molecule has 1 amide bonds. The van der Waals surface area contributed by atoms with E-state index in [2.05, 4.69) is 15.3 Å². The van der Waals surface area contributed by atoms with Crippen LogP contribution in [0.4, 0.5) is 0 Å². The molecular weight excluding hydrogens is 370 g/mol. The minimum atomic E-state index is -0.625. The number of aryl methyl sites for hydroxylation is 1. The molecule has 0 N–H and O–H groups in total. The van der Waals surface area contributed by atoms with Crippen LogP contribution in [0.5, 0.6) is 11.5 Å². The van der Waals surface area contributed by atoms with Gasteiger partial charge < -0.3 is 14.4 Å². The Morgan fingerprint density at radius 3 is 2.52 bits per heavy atom. The van der Waals surface area contributed by atoms with Gasteiger partial charge in [-0.1, -0.05) is 12.1 Å². The standard InChI is InChI=1S/C21H23N5O3/c1-13-7-8-18-22-23-20(26(18)24-13)15-9-11-25(12-10-15)21(27)19-14(2)28-16-5-3-4-6-17(16)29-19/h3-8,14-15,19H,9-12H2,1-2H3. The van der Waals surface area contributed by atoms with Crippen LogP contribution in [-0.2, 0) is 4.79 Å². The lowest BCUT2D eigenvalue weighted by Gasteiger charge is -2.37. The first-order valence-electron chi connectivity index (χ1n) is 10.0. The van der Waals surface area contributed by atoms with Crippen molar-refractivity contribution >= 4 is 11.6 Å². The lowest BCUT2D eigenvalue weighted by Crippen LogP contribution is -2.52. The molecule has 3 aromatic rings. The molecule has 1 fully saturated rings. The lowest BCUT2D eigenvalue weighted by atomic mass is 9.95. The van der Waals surface area contributed by atoms with Crippen LogP contribution < -0.4 is 9.47 Å². The Bertz CT molecular complexity index is 1060. The number of fused-ring (bicyclic) bond motifs is 2. The predicted octanol–water partition coefficient (Wildman–Crippen LogP) is 2.37. The number of nitrogens with zero attached hydrogens (tertiary/aromatic N) is 5. The van der Waals surface area contributed by atoms with Crippen LogP contribution >= 0.6 is 0 Å². The second-order valence-electron chi connectivity index (χ2n) is 7.71. The Balaban J connectivity index is 1.28. The molecule has 1 aromatic carbocycles. The number of piperidine rings is 1. The average molecular weight is 393 g/mol. The number of amides is 1. The summed E-state index contributed by atoms with van der Waals surface area (Å²) in [4.78, 5) is 15.0. The van der Waals surface area contributed by atoms with Gasteiger partial charge in [-0.25, -0.2) is 0 Å². The second kappa shape index (κ2) is 7.02. The summed E-state index contributed by atoms with van der Waals surface area (Å²) in [5.41, 5.74) is 1.68. The maximum absolute atomic E-state index is 13.1. The van der Waals surface area contributed by atoms with Crippen LogP contribution in [0.25, 0.3) is 5.65 Å². The van der Waals surface area contributed by atoms with Crippen LogP contribution in [0, 0.1) is 6.92 Å². The SMILES string of the molecule is Cc1ccc2nnc(C3CCN(C(=O)C4Oc5ccccc5OC4C)CC3)n2n1. The predicted molar refractivity (Wildman–Crippen MR) is 105 cm³/mol. The fourth-order valence-electron chi connectivity index (χ4n) is 4.08. The number of aromatic nitrogens is 4. The van der Waals surface area contributed by atoms with E-state index in [0.717, 1.165) is 30.0 Å². The summed E-state index contributed by atoms with van der Waals surface area (Å²) in [5.74, 6) is 2.38. The first kappa shape index (κ1) is 17.9. The van der Waals surface area contributed by atoms with Crippen molar-refractivity contribution in [2.75, 3.05) is 13.1 Å². The van der Waals surface area contributed by atoms with Crippen LogP contribution in [0.3, 0.4) is 0 Å². The summed E-state index contributed by atoms with van der Waals surface area (Å²) in [7, 11) is 0. The number of hydrogen-bond acceptors (Lipinski definition) is 6. The molecule has 2 unspecified atom stereocenters. The van der Waals surface area contributed by atoms with Crippen molar-refractivity contribution in [3.8, 4) is 11.5 Å². The van der Waals surface area contributed by atoms with Gasteiger partial charge in [0.25, 0.3) is 5.91 Å². The maximum atomic E-state index is 13.1. The van der Waals surface area contributed by atoms with Gasteiger partial charge >= 0.3 is 0 Å². The molecule has 0 aliphatic carbocycles. The number of benzene rings is 1. The van der Waals surface area contributed by atoms with Crippen molar-refractivity contribution in [3.63, 3.8) is 0 Å². The highest BCUT2D eigenvalue weighted by Gasteiger charge is 2.38. The number of carbonyl (C=O) groups excluding carboxylic acids is 1. The van der Waals surface area contributed by atoms with Gasteiger partial charge in [-0.2, -0.15) is 9.61 Å². The van der Waals surface area contributed by atoms with E-state index in [9.17, 15) is 4.79 Å². The number of ether oxygens (including phenoxy) is 2. The van der Waals surface area contributed by atoms with Crippen LogP contribution in [0.15, 0.2) is 36.4 Å².